The van der Waals surface area contributed by atoms with Crippen molar-refractivity contribution in [1.29, 1.82) is 0 Å². The zero-order valence-corrected chi connectivity index (χ0v) is 41.4. The molecular formula is C42H54N3O18P3. The van der Waals surface area contributed by atoms with Crippen LogP contribution in [0.4, 0.5) is 0 Å². The molecule has 1 heterocycles. The second kappa shape index (κ2) is 25.6. The quantitative estimate of drug-likeness (QED) is 0.0286. The van der Waals surface area contributed by atoms with Gasteiger partial charge in [-0.3, -0.25) is 0 Å². The smallest absolute Gasteiger partial charge is 0.425 e. The van der Waals surface area contributed by atoms with Crippen LogP contribution in [0.5, 0.6) is 0 Å². The molecule has 0 fully saturated rings. The summed E-state index contributed by atoms with van der Waals surface area (Å²) in [5.41, 5.74) is 0.0764. The van der Waals surface area contributed by atoms with Gasteiger partial charge in [0.15, 0.2) is 0 Å². The molecule has 1 rings (SSSR count). The molecule has 0 spiro atoms. The first-order chi connectivity index (χ1) is 30.4. The third-order valence-corrected chi connectivity index (χ3v) is 14.1. The number of rotatable bonds is 24. The first-order valence-electron chi connectivity index (χ1n) is 18.7. The minimum absolute atomic E-state index is 0.0127. The summed E-state index contributed by atoms with van der Waals surface area (Å²) >= 11 is 0. The number of carbonyl (C=O) groups is 6. The van der Waals surface area contributed by atoms with Crippen LogP contribution in [-0.4, -0.2) is 35.8 Å². The Kier molecular flexibility index (Phi) is 22.2. The maximum atomic E-state index is 12.5. The third kappa shape index (κ3) is 19.9. The number of hydrogen-bond acceptors (Lipinski definition) is 21. The predicted molar refractivity (Wildman–Crippen MR) is 243 cm³/mol. The van der Waals surface area contributed by atoms with Crippen molar-refractivity contribution in [2.24, 2.45) is 13.5 Å². The predicted octanol–water partition coefficient (Wildman–Crippen LogP) is 11.8. The molecule has 0 N–H and O–H groups in total. The molecule has 21 nitrogen and oxygen atoms in total. The molecule has 0 aromatic rings. The Labute approximate surface area is 383 Å². The van der Waals surface area contributed by atoms with Gasteiger partial charge in [-0.15, -0.1) is 0 Å². The van der Waals surface area contributed by atoms with Crippen LogP contribution in [0.25, 0.3) is 0 Å². The van der Waals surface area contributed by atoms with Crippen molar-refractivity contribution < 1.29 is 84.3 Å². The zero-order chi connectivity index (χ0) is 50.7. The van der Waals surface area contributed by atoms with Crippen LogP contribution in [-0.2, 0) is 84.3 Å². The Balaban J connectivity index is 4.86. The molecule has 0 unspecified atom stereocenters. The van der Waals surface area contributed by atoms with E-state index in [9.17, 15) is 28.8 Å². The molecule has 0 aromatic heterocycles. The van der Waals surface area contributed by atoms with Gasteiger partial charge >= 0.3 is 58.8 Å². The molecule has 0 aromatic carbocycles. The van der Waals surface area contributed by atoms with Crippen molar-refractivity contribution in [2.45, 2.75) is 83.1 Å². The van der Waals surface area contributed by atoms with E-state index in [2.05, 4.69) is 53.0 Å². The van der Waals surface area contributed by atoms with E-state index in [-0.39, 0.29) is 68.0 Å². The number of hydrogen-bond donors (Lipinski definition) is 0. The van der Waals surface area contributed by atoms with Crippen molar-refractivity contribution in [1.82, 2.24) is 0 Å². The Hall–Kier alpha value is -6.81. The molecule has 0 radical (unpaired) electrons. The monoisotopic (exact) mass is 981 g/mol. The van der Waals surface area contributed by atoms with E-state index in [4.69, 9.17) is 55.6 Å². The highest BCUT2D eigenvalue weighted by atomic mass is 31.3. The van der Waals surface area contributed by atoms with Gasteiger partial charge in [0, 0.05) is 33.4 Å². The fourth-order valence-electron chi connectivity index (χ4n) is 3.21. The van der Waals surface area contributed by atoms with Gasteiger partial charge in [-0.25, -0.2) is 28.8 Å². The summed E-state index contributed by atoms with van der Waals surface area (Å²) in [6.07, 6.45) is 5.14. The largest absolute Gasteiger partial charge is 0.459 e. The highest BCUT2D eigenvalue weighted by Gasteiger charge is 2.47. The van der Waals surface area contributed by atoms with Crippen LogP contribution in [0.1, 0.15) is 83.1 Å². The maximum Gasteiger partial charge on any atom is 0.459 e. The number of allylic oxidation sites excluding steroid dienone is 6. The number of nitrogens with zero attached hydrogens (tertiary/aromatic N) is 3. The highest BCUT2D eigenvalue weighted by molar-refractivity contribution is 7.78. The molecule has 0 atom stereocenters. The molecule has 0 bridgehead atoms. The van der Waals surface area contributed by atoms with Crippen LogP contribution < -0.4 is 0 Å². The Morgan fingerprint density at radius 2 is 0.409 bits per heavy atom. The molecule has 1 aliphatic rings. The lowest BCUT2D eigenvalue weighted by molar-refractivity contribution is -0.135. The van der Waals surface area contributed by atoms with Gasteiger partial charge in [0.1, 0.15) is 72.1 Å². The van der Waals surface area contributed by atoms with Crippen molar-refractivity contribution in [3.8, 4) is 0 Å². The van der Waals surface area contributed by atoms with Crippen LogP contribution >= 0.6 is 23.0 Å². The van der Waals surface area contributed by atoms with E-state index < -0.39 is 58.8 Å². The molecule has 0 aliphatic carbocycles. The number of ether oxygens (including phenoxy) is 6. The fraction of sp³-hybridized carbons (Fsp3) is 0.286. The van der Waals surface area contributed by atoms with Gasteiger partial charge in [0.05, 0.1) is 0 Å². The summed E-state index contributed by atoms with van der Waals surface area (Å²) in [7, 11) is -14.2. The van der Waals surface area contributed by atoms with Crippen molar-refractivity contribution in [2.75, 3.05) is 0 Å². The molecule has 0 amide bonds. The van der Waals surface area contributed by atoms with Crippen LogP contribution in [0.15, 0.2) is 159 Å². The molecule has 66 heavy (non-hydrogen) atoms. The second-order valence-electron chi connectivity index (χ2n) is 13.8. The number of esters is 6. The topological polar surface area (TPSA) is 250 Å². The normalized spacial score (nSPS) is 19.8. The SMILES string of the molecule is C=C(C)C(=O)OC(C)=COP1(OC=C(C)OC(=O)C(=C)C)=NP(OC=C(C)OC(=O)C(=C)C)(OC=C(C)OC(=O)C(=C)C)=NP(OC=C(C)OC(=O)C(=C)C)(OC=C(C)OC(=O)C(=C)C)=N1. The molecular weight excluding hydrogens is 927 g/mol. The minimum atomic E-state index is -4.72. The van der Waals surface area contributed by atoms with E-state index in [0.717, 1.165) is 37.6 Å². The van der Waals surface area contributed by atoms with Crippen LogP contribution in [0.2, 0.25) is 0 Å². The summed E-state index contributed by atoms with van der Waals surface area (Å²) in [5, 5.41) is 0. The van der Waals surface area contributed by atoms with E-state index >= 15 is 0 Å². The Morgan fingerprint density at radius 1 is 0.288 bits per heavy atom. The first-order valence-corrected chi connectivity index (χ1v) is 23.3. The van der Waals surface area contributed by atoms with E-state index in [1.807, 2.05) is 0 Å². The van der Waals surface area contributed by atoms with Gasteiger partial charge in [-0.2, -0.15) is 0 Å². The van der Waals surface area contributed by atoms with E-state index in [1.165, 1.54) is 83.1 Å². The second-order valence-corrected chi connectivity index (χ2v) is 20.1. The average Bonchev–Trinajstić information content (AvgIpc) is 3.22. The maximum absolute atomic E-state index is 12.5. The standard InChI is InChI=1S/C42H54N3O18P3/c1-25(2)37(46)58-31(13)19-52-64(53-20-32(14)59-38(47)26(3)4)43-65(54-21-33(15)60-39(48)27(5)6,55-22-34(16)61-40(49)28(7)8)45-66(44-64,56-23-35(17)62-41(50)29(9)10)57-24-36(18)63-42(51)30(11)12/h19-24H,1,3,5,7,9,11H2,2,4,6,8,10,12-18H3. The van der Waals surface area contributed by atoms with Gasteiger partial charge < -0.3 is 55.6 Å². The molecule has 24 heteroatoms. The van der Waals surface area contributed by atoms with E-state index in [0.29, 0.717) is 0 Å². The first kappa shape index (κ1) is 57.2. The molecule has 360 valence electrons. The zero-order valence-electron chi connectivity index (χ0n) is 38.7. The summed E-state index contributed by atoms with van der Waals surface area (Å²) in [6, 6.07) is 0. The Morgan fingerprint density at radius 3 is 0.515 bits per heavy atom. The van der Waals surface area contributed by atoms with Crippen LogP contribution in [0.3, 0.4) is 0 Å². The lowest BCUT2D eigenvalue weighted by Gasteiger charge is -2.30. The van der Waals surface area contributed by atoms with E-state index in [1.54, 1.807) is 0 Å². The summed E-state index contributed by atoms with van der Waals surface area (Å²) < 4.78 is 82.3. The minimum Gasteiger partial charge on any atom is -0.425 e. The van der Waals surface area contributed by atoms with Crippen LogP contribution in [0, 0.1) is 0 Å². The van der Waals surface area contributed by atoms with Gasteiger partial charge in [0.25, 0.3) is 0 Å². The Bertz CT molecular complexity index is 2030. The van der Waals surface area contributed by atoms with Crippen molar-refractivity contribution in [3.05, 3.63) is 145 Å². The molecule has 0 saturated carbocycles. The highest BCUT2D eigenvalue weighted by Crippen LogP contribution is 2.81. The van der Waals surface area contributed by atoms with Crippen molar-refractivity contribution >= 4 is 58.8 Å². The van der Waals surface area contributed by atoms with Gasteiger partial charge in [0.2, 0.25) is 0 Å². The third-order valence-electron chi connectivity index (χ3n) is 6.43. The van der Waals surface area contributed by atoms with Gasteiger partial charge in [-0.1, -0.05) is 53.0 Å². The van der Waals surface area contributed by atoms with Crippen molar-refractivity contribution in [3.63, 3.8) is 0 Å². The lowest BCUT2D eigenvalue weighted by atomic mass is 10.4. The molecule has 1 aliphatic heterocycles. The summed E-state index contributed by atoms with van der Waals surface area (Å²) in [5.74, 6) is -6.49. The molecule has 0 saturated heterocycles. The fourth-order valence-corrected chi connectivity index (χ4v) is 11.9. The summed E-state index contributed by atoms with van der Waals surface area (Å²) in [4.78, 5) is 75.0. The average molecular weight is 982 g/mol. The van der Waals surface area contributed by atoms with Gasteiger partial charge in [-0.05, 0) is 83.1 Å². The number of carbonyl (C=O) groups excluding carboxylic acids is 6. The summed E-state index contributed by atoms with van der Waals surface area (Å²) in [6.45, 7) is 37.5. The lowest BCUT2D eigenvalue weighted by Crippen LogP contribution is -2.06.